The molecule has 0 fully saturated rings. The number of methoxy groups -OCH3 is 2. The molecule has 4 rings (SSSR count). The Labute approximate surface area is 194 Å². The molecule has 0 radical (unpaired) electrons. The fraction of sp³-hybridized carbons (Fsp3) is 0.167. The zero-order valence-corrected chi connectivity index (χ0v) is 19.4. The smallest absolute Gasteiger partial charge is 0.162 e. The van der Waals surface area contributed by atoms with Crippen LogP contribution in [0.5, 0.6) is 17.2 Å². The molecule has 0 bridgehead atoms. The molecular formula is C24H22BrClN2O3. The fourth-order valence-corrected chi connectivity index (χ4v) is 4.31. The molecule has 1 aliphatic rings. The van der Waals surface area contributed by atoms with Crippen LogP contribution in [-0.2, 0) is 0 Å². The highest BCUT2D eigenvalue weighted by atomic mass is 79.9. The molecule has 0 aliphatic carbocycles. The summed E-state index contributed by atoms with van der Waals surface area (Å²) in [7, 11) is 3.18. The third-order valence-corrected chi connectivity index (χ3v) is 6.10. The van der Waals surface area contributed by atoms with Crippen molar-refractivity contribution < 1.29 is 14.6 Å². The monoisotopic (exact) mass is 500 g/mol. The van der Waals surface area contributed by atoms with E-state index in [4.69, 9.17) is 21.1 Å². The molecule has 3 N–H and O–H groups in total. The van der Waals surface area contributed by atoms with Crippen LogP contribution in [0.2, 0.25) is 5.02 Å². The van der Waals surface area contributed by atoms with Gasteiger partial charge in [-0.05, 0) is 63.5 Å². The molecule has 5 nitrogen and oxygen atoms in total. The lowest BCUT2D eigenvalue weighted by Gasteiger charge is -2.33. The van der Waals surface area contributed by atoms with E-state index < -0.39 is 0 Å². The predicted molar refractivity (Wildman–Crippen MR) is 127 cm³/mol. The Bertz CT molecular complexity index is 1120. The SMILES string of the molecule is COc1ccc(C2NC(c3ccc(Cl)cc3)=CC(c3cccc(OC)c3O)N2)cc1Br. The zero-order valence-electron chi connectivity index (χ0n) is 17.0. The van der Waals surface area contributed by atoms with Gasteiger partial charge in [0.25, 0.3) is 0 Å². The molecule has 0 saturated heterocycles. The molecule has 0 aromatic heterocycles. The van der Waals surface area contributed by atoms with Crippen molar-refractivity contribution in [1.29, 1.82) is 0 Å². The summed E-state index contributed by atoms with van der Waals surface area (Å²) in [5.41, 5.74) is 3.67. The zero-order chi connectivity index (χ0) is 22.0. The minimum atomic E-state index is -0.257. The van der Waals surface area contributed by atoms with Crippen LogP contribution in [0.1, 0.15) is 28.9 Å². The first-order valence-corrected chi connectivity index (χ1v) is 10.9. The first-order valence-electron chi connectivity index (χ1n) is 9.70. The number of benzene rings is 3. The molecular weight excluding hydrogens is 480 g/mol. The molecule has 3 aromatic carbocycles. The maximum absolute atomic E-state index is 10.7. The van der Waals surface area contributed by atoms with Gasteiger partial charge >= 0.3 is 0 Å². The average Bonchev–Trinajstić information content (AvgIpc) is 2.79. The average molecular weight is 502 g/mol. The topological polar surface area (TPSA) is 62.8 Å². The van der Waals surface area contributed by atoms with Gasteiger partial charge < -0.3 is 19.9 Å². The van der Waals surface area contributed by atoms with Crippen LogP contribution >= 0.6 is 27.5 Å². The molecule has 1 aliphatic heterocycles. The highest BCUT2D eigenvalue weighted by molar-refractivity contribution is 9.10. The standard InChI is InChI=1S/C24H22BrClN2O3/c1-30-21-11-8-15(12-18(21)25)24-27-19(14-6-9-16(26)10-7-14)13-20(28-24)17-4-3-5-22(31-2)23(17)29/h3-13,20,24,27-29H,1-2H3. The summed E-state index contributed by atoms with van der Waals surface area (Å²) in [6.07, 6.45) is 1.83. The van der Waals surface area contributed by atoms with E-state index in [0.717, 1.165) is 32.6 Å². The summed E-state index contributed by atoms with van der Waals surface area (Å²) >= 11 is 9.65. The van der Waals surface area contributed by atoms with Crippen molar-refractivity contribution in [3.8, 4) is 17.2 Å². The van der Waals surface area contributed by atoms with Crippen LogP contribution < -0.4 is 20.1 Å². The molecule has 3 aromatic rings. The first kappa shape index (κ1) is 21.6. The maximum Gasteiger partial charge on any atom is 0.162 e. The number of hydrogen-bond donors (Lipinski definition) is 3. The molecule has 0 saturated carbocycles. The molecule has 7 heteroatoms. The van der Waals surface area contributed by atoms with Gasteiger partial charge in [0.15, 0.2) is 11.5 Å². The fourth-order valence-electron chi connectivity index (χ4n) is 3.62. The van der Waals surface area contributed by atoms with Crippen molar-refractivity contribution >= 4 is 33.2 Å². The molecule has 1 heterocycles. The third kappa shape index (κ3) is 4.51. The van der Waals surface area contributed by atoms with E-state index in [1.807, 2.05) is 60.7 Å². The van der Waals surface area contributed by atoms with Gasteiger partial charge in [-0.15, -0.1) is 0 Å². The van der Waals surface area contributed by atoms with Gasteiger partial charge in [-0.1, -0.05) is 41.9 Å². The Hall–Kier alpha value is -2.67. The van der Waals surface area contributed by atoms with Crippen LogP contribution in [0.3, 0.4) is 0 Å². The van der Waals surface area contributed by atoms with Gasteiger partial charge in [0.05, 0.1) is 24.7 Å². The maximum atomic E-state index is 10.7. The number of phenolic OH excluding ortho intramolecular Hbond substituents is 1. The number of halogens is 2. The highest BCUT2D eigenvalue weighted by Crippen LogP contribution is 2.38. The number of para-hydroxylation sites is 1. The van der Waals surface area contributed by atoms with E-state index in [9.17, 15) is 5.11 Å². The molecule has 0 spiro atoms. The second-order valence-electron chi connectivity index (χ2n) is 7.10. The molecule has 160 valence electrons. The second-order valence-corrected chi connectivity index (χ2v) is 8.39. The van der Waals surface area contributed by atoms with E-state index in [1.54, 1.807) is 20.3 Å². The lowest BCUT2D eigenvalue weighted by molar-refractivity contribution is 0.363. The quantitative estimate of drug-likeness (QED) is 0.412. The van der Waals surface area contributed by atoms with E-state index in [-0.39, 0.29) is 18.0 Å². The summed E-state index contributed by atoms with van der Waals surface area (Å²) in [6, 6.07) is 18.8. The summed E-state index contributed by atoms with van der Waals surface area (Å²) < 4.78 is 11.5. The summed E-state index contributed by atoms with van der Waals surface area (Å²) in [4.78, 5) is 0. The van der Waals surface area contributed by atoms with Crippen molar-refractivity contribution in [2.24, 2.45) is 0 Å². The van der Waals surface area contributed by atoms with Gasteiger partial charge in [-0.25, -0.2) is 0 Å². The minimum absolute atomic E-state index is 0.116. The van der Waals surface area contributed by atoms with Gasteiger partial charge in [-0.2, -0.15) is 0 Å². The van der Waals surface area contributed by atoms with Crippen LogP contribution in [0.4, 0.5) is 0 Å². The van der Waals surface area contributed by atoms with Crippen molar-refractivity contribution in [2.45, 2.75) is 12.2 Å². The number of ether oxygens (including phenoxy) is 2. The summed E-state index contributed by atoms with van der Waals surface area (Å²) in [6.45, 7) is 0. The van der Waals surface area contributed by atoms with Crippen LogP contribution in [0.25, 0.3) is 5.70 Å². The summed E-state index contributed by atoms with van der Waals surface area (Å²) in [5.74, 6) is 1.31. The molecule has 0 amide bonds. The lowest BCUT2D eigenvalue weighted by atomic mass is 9.97. The van der Waals surface area contributed by atoms with E-state index in [1.165, 1.54) is 0 Å². The van der Waals surface area contributed by atoms with Crippen LogP contribution in [0, 0.1) is 0 Å². The summed E-state index contributed by atoms with van der Waals surface area (Å²) in [5, 5.41) is 18.5. The Morgan fingerprint density at radius 1 is 0.968 bits per heavy atom. The molecule has 2 atom stereocenters. The number of rotatable bonds is 5. The Morgan fingerprint density at radius 3 is 2.39 bits per heavy atom. The van der Waals surface area contributed by atoms with Crippen LogP contribution in [0.15, 0.2) is 71.2 Å². The number of phenols is 1. The molecule has 2 unspecified atom stereocenters. The van der Waals surface area contributed by atoms with Crippen molar-refractivity contribution in [2.75, 3.05) is 14.2 Å². The number of nitrogens with one attached hydrogen (secondary N) is 2. The number of aromatic hydroxyl groups is 1. The Balaban J connectivity index is 1.77. The second kappa shape index (κ2) is 9.22. The van der Waals surface area contributed by atoms with E-state index in [2.05, 4.69) is 26.6 Å². The lowest BCUT2D eigenvalue weighted by Crippen LogP contribution is -2.39. The Morgan fingerprint density at radius 2 is 1.71 bits per heavy atom. The van der Waals surface area contributed by atoms with E-state index in [0.29, 0.717) is 10.8 Å². The van der Waals surface area contributed by atoms with Crippen molar-refractivity contribution in [3.63, 3.8) is 0 Å². The first-order chi connectivity index (χ1) is 15.0. The van der Waals surface area contributed by atoms with Crippen molar-refractivity contribution in [1.82, 2.24) is 10.6 Å². The third-order valence-electron chi connectivity index (χ3n) is 5.23. The van der Waals surface area contributed by atoms with E-state index >= 15 is 0 Å². The number of hydrogen-bond acceptors (Lipinski definition) is 5. The predicted octanol–water partition coefficient (Wildman–Crippen LogP) is 5.80. The van der Waals surface area contributed by atoms with Gasteiger partial charge in [-0.3, -0.25) is 5.32 Å². The van der Waals surface area contributed by atoms with Gasteiger partial charge in [0.2, 0.25) is 0 Å². The van der Waals surface area contributed by atoms with Crippen molar-refractivity contribution in [3.05, 3.63) is 92.9 Å². The molecule has 31 heavy (non-hydrogen) atoms. The van der Waals surface area contributed by atoms with Gasteiger partial charge in [0, 0.05) is 16.3 Å². The van der Waals surface area contributed by atoms with Crippen LogP contribution in [-0.4, -0.2) is 19.3 Å². The Kier molecular flexibility index (Phi) is 6.41. The normalized spacial score (nSPS) is 18.1. The largest absolute Gasteiger partial charge is 0.504 e. The highest BCUT2D eigenvalue weighted by Gasteiger charge is 2.27. The minimum Gasteiger partial charge on any atom is -0.504 e. The van der Waals surface area contributed by atoms with Gasteiger partial charge in [0.1, 0.15) is 11.9 Å².